The zero-order valence-electron chi connectivity index (χ0n) is 11.3. The molecule has 0 aliphatic heterocycles. The van der Waals surface area contributed by atoms with E-state index in [1.807, 2.05) is 5.32 Å². The predicted octanol–water partition coefficient (Wildman–Crippen LogP) is 2.77. The van der Waals surface area contributed by atoms with E-state index in [0.717, 1.165) is 12.1 Å². The van der Waals surface area contributed by atoms with Crippen LogP contribution >= 0.6 is 0 Å². The van der Waals surface area contributed by atoms with Crippen molar-refractivity contribution < 1.29 is 22.8 Å². The van der Waals surface area contributed by atoms with Crippen LogP contribution in [0.4, 0.5) is 18.9 Å². The van der Waals surface area contributed by atoms with E-state index in [4.69, 9.17) is 11.7 Å². The third-order valence-electron chi connectivity index (χ3n) is 2.72. The van der Waals surface area contributed by atoms with Gasteiger partial charge in [0.05, 0.1) is 17.3 Å². The number of hydrogen-bond donors (Lipinski definition) is 1. The number of para-hydroxylation sites is 1. The normalized spacial score (nSPS) is 11.9. The maximum Gasteiger partial charge on any atom is 0.418 e. The van der Waals surface area contributed by atoms with Gasteiger partial charge in [0, 0.05) is 12.8 Å². The number of nitriles is 1. The number of nitrogens with zero attached hydrogens (tertiary/aromatic N) is 1. The second-order valence-electron chi connectivity index (χ2n) is 4.27. The molecule has 0 aliphatic rings. The van der Waals surface area contributed by atoms with Crippen LogP contribution in [0.15, 0.2) is 24.3 Å². The molecule has 1 rings (SSSR count). The summed E-state index contributed by atoms with van der Waals surface area (Å²) in [6.07, 6.45) is 0.162. The lowest BCUT2D eigenvalue weighted by atomic mass is 10.0. The number of rotatable bonds is 5. The van der Waals surface area contributed by atoms with E-state index in [0.29, 0.717) is 0 Å². The van der Waals surface area contributed by atoms with Gasteiger partial charge in [-0.15, -0.1) is 12.3 Å². The predicted molar refractivity (Wildman–Crippen MR) is 72.3 cm³/mol. The molecule has 4 nitrogen and oxygen atoms in total. The second-order valence-corrected chi connectivity index (χ2v) is 4.27. The number of alkyl halides is 3. The Hall–Kier alpha value is -2.80. The van der Waals surface area contributed by atoms with Gasteiger partial charge >= 0.3 is 6.18 Å². The van der Waals surface area contributed by atoms with Crippen LogP contribution in [-0.4, -0.2) is 11.7 Å². The molecule has 1 N–H and O–H groups in total. The number of benzene rings is 1. The average Bonchev–Trinajstić information content (AvgIpc) is 2.45. The molecular weight excluding hydrogens is 297 g/mol. The zero-order chi connectivity index (χ0) is 16.8. The second kappa shape index (κ2) is 7.28. The van der Waals surface area contributed by atoms with Crippen molar-refractivity contribution in [1.82, 2.24) is 0 Å². The van der Waals surface area contributed by atoms with E-state index >= 15 is 0 Å². The van der Waals surface area contributed by atoms with Crippen LogP contribution in [0.3, 0.4) is 0 Å². The van der Waals surface area contributed by atoms with Crippen LogP contribution in [0.5, 0.6) is 0 Å². The molecule has 0 fully saturated rings. The molecular formula is C15H11F3N2O2. The number of amides is 1. The fourth-order valence-corrected chi connectivity index (χ4v) is 1.66. The van der Waals surface area contributed by atoms with E-state index in [-0.39, 0.29) is 12.8 Å². The lowest BCUT2D eigenvalue weighted by Gasteiger charge is -2.14. The standard InChI is InChI=1S/C15H11F3N2O2/c1-2-3-8-13(21)10(9-19)14(22)20-12-7-5-4-6-11(12)15(16,17)18/h1,4-7,10H,3,8H2,(H,20,22). The van der Waals surface area contributed by atoms with Gasteiger partial charge in [-0.2, -0.15) is 18.4 Å². The SMILES string of the molecule is C#CCCC(=O)C(C#N)C(=O)Nc1ccccc1C(F)(F)F. The Balaban J connectivity index is 2.96. The van der Waals surface area contributed by atoms with E-state index < -0.39 is 35.0 Å². The lowest BCUT2D eigenvalue weighted by Crippen LogP contribution is -2.29. The van der Waals surface area contributed by atoms with Crippen LogP contribution in [0.2, 0.25) is 0 Å². The number of anilines is 1. The highest BCUT2D eigenvalue weighted by atomic mass is 19.4. The number of ketones is 1. The maximum absolute atomic E-state index is 12.8. The van der Waals surface area contributed by atoms with Crippen molar-refractivity contribution >= 4 is 17.4 Å². The molecule has 0 bridgehead atoms. The highest BCUT2D eigenvalue weighted by molar-refractivity contribution is 6.09. The number of hydrogen-bond acceptors (Lipinski definition) is 3. The summed E-state index contributed by atoms with van der Waals surface area (Å²) in [5.74, 6) is -1.36. The largest absolute Gasteiger partial charge is 0.418 e. The number of halogens is 3. The van der Waals surface area contributed by atoms with Gasteiger partial charge in [-0.3, -0.25) is 9.59 Å². The Morgan fingerprint density at radius 3 is 2.50 bits per heavy atom. The van der Waals surface area contributed by atoms with Crippen LogP contribution < -0.4 is 5.32 Å². The molecule has 1 aromatic rings. The zero-order valence-corrected chi connectivity index (χ0v) is 11.3. The molecule has 114 valence electrons. The fourth-order valence-electron chi connectivity index (χ4n) is 1.66. The van der Waals surface area contributed by atoms with Crippen molar-refractivity contribution in [3.8, 4) is 18.4 Å². The Labute approximate surface area is 124 Å². The topological polar surface area (TPSA) is 70.0 Å². The first kappa shape index (κ1) is 17.3. The van der Waals surface area contributed by atoms with Crippen molar-refractivity contribution in [2.75, 3.05) is 5.32 Å². The van der Waals surface area contributed by atoms with Gasteiger partial charge in [0.15, 0.2) is 11.7 Å². The summed E-state index contributed by atoms with van der Waals surface area (Å²) in [7, 11) is 0. The minimum Gasteiger partial charge on any atom is -0.324 e. The third-order valence-corrected chi connectivity index (χ3v) is 2.72. The molecule has 0 heterocycles. The van der Waals surface area contributed by atoms with Crippen molar-refractivity contribution in [3.63, 3.8) is 0 Å². The van der Waals surface area contributed by atoms with Crippen LogP contribution in [-0.2, 0) is 15.8 Å². The Kier molecular flexibility index (Phi) is 5.71. The summed E-state index contributed by atoms with van der Waals surface area (Å²) in [5, 5.41) is 10.8. The van der Waals surface area contributed by atoms with E-state index in [1.165, 1.54) is 18.2 Å². The molecule has 0 radical (unpaired) electrons. The maximum atomic E-state index is 12.8. The summed E-state index contributed by atoms with van der Waals surface area (Å²) in [5.41, 5.74) is -1.57. The van der Waals surface area contributed by atoms with E-state index in [1.54, 1.807) is 0 Å². The van der Waals surface area contributed by atoms with Gasteiger partial charge in [0.1, 0.15) is 0 Å². The van der Waals surface area contributed by atoms with Gasteiger partial charge in [-0.05, 0) is 12.1 Å². The first-order chi connectivity index (χ1) is 10.3. The van der Waals surface area contributed by atoms with Crippen molar-refractivity contribution in [1.29, 1.82) is 5.26 Å². The number of terminal acetylenes is 1. The molecule has 1 aromatic carbocycles. The van der Waals surface area contributed by atoms with Crippen molar-refractivity contribution in [3.05, 3.63) is 29.8 Å². The molecule has 0 saturated carbocycles. The first-order valence-electron chi connectivity index (χ1n) is 6.14. The van der Waals surface area contributed by atoms with Gasteiger partial charge in [-0.1, -0.05) is 12.1 Å². The smallest absolute Gasteiger partial charge is 0.324 e. The van der Waals surface area contributed by atoms with Crippen LogP contribution in [0.1, 0.15) is 18.4 Å². The van der Waals surface area contributed by atoms with Crippen LogP contribution in [0.25, 0.3) is 0 Å². The molecule has 0 spiro atoms. The van der Waals surface area contributed by atoms with Gasteiger partial charge in [0.25, 0.3) is 0 Å². The fraction of sp³-hybridized carbons (Fsp3) is 0.267. The molecule has 0 aliphatic carbocycles. The summed E-state index contributed by atoms with van der Waals surface area (Å²) >= 11 is 0. The van der Waals surface area contributed by atoms with Gasteiger partial charge in [-0.25, -0.2) is 0 Å². The van der Waals surface area contributed by atoms with Crippen LogP contribution in [0, 0.1) is 29.6 Å². The Bertz CT molecular complexity index is 654. The monoisotopic (exact) mass is 308 g/mol. The Morgan fingerprint density at radius 1 is 1.32 bits per heavy atom. The molecule has 1 atom stereocenters. The Morgan fingerprint density at radius 2 is 1.95 bits per heavy atom. The van der Waals surface area contributed by atoms with Crippen molar-refractivity contribution in [2.24, 2.45) is 5.92 Å². The van der Waals surface area contributed by atoms with E-state index in [2.05, 4.69) is 5.92 Å². The molecule has 7 heteroatoms. The minimum absolute atomic E-state index is 0.0451. The average molecular weight is 308 g/mol. The molecule has 0 saturated heterocycles. The van der Waals surface area contributed by atoms with E-state index in [9.17, 15) is 22.8 Å². The third kappa shape index (κ3) is 4.35. The van der Waals surface area contributed by atoms with Gasteiger partial charge in [0.2, 0.25) is 5.91 Å². The highest BCUT2D eigenvalue weighted by Gasteiger charge is 2.34. The van der Waals surface area contributed by atoms with Gasteiger partial charge < -0.3 is 5.32 Å². The number of nitrogens with one attached hydrogen (secondary N) is 1. The lowest BCUT2D eigenvalue weighted by molar-refractivity contribution is -0.137. The summed E-state index contributed by atoms with van der Waals surface area (Å²) in [4.78, 5) is 23.5. The highest BCUT2D eigenvalue weighted by Crippen LogP contribution is 2.34. The molecule has 0 aromatic heterocycles. The summed E-state index contributed by atoms with van der Waals surface area (Å²) < 4.78 is 38.4. The molecule has 1 unspecified atom stereocenters. The quantitative estimate of drug-likeness (QED) is 0.671. The summed E-state index contributed by atoms with van der Waals surface area (Å²) in [6, 6.07) is 5.77. The number of carbonyl (C=O) groups is 2. The number of carbonyl (C=O) groups excluding carboxylic acids is 2. The molecule has 22 heavy (non-hydrogen) atoms. The number of Topliss-reactive ketones (excluding diaryl/α,β-unsaturated/α-hetero) is 1. The molecule has 1 amide bonds. The summed E-state index contributed by atoms with van der Waals surface area (Å²) in [6.45, 7) is 0. The minimum atomic E-state index is -4.67. The first-order valence-corrected chi connectivity index (χ1v) is 6.14. The van der Waals surface area contributed by atoms with Crippen molar-refractivity contribution in [2.45, 2.75) is 19.0 Å².